The molecule has 1 aromatic carbocycles. The van der Waals surface area contributed by atoms with Crippen molar-refractivity contribution in [3.05, 3.63) is 40.8 Å². The molecule has 0 saturated carbocycles. The Labute approximate surface area is 145 Å². The maximum atomic E-state index is 12.4. The molecule has 0 atom stereocenters. The number of esters is 1. The van der Waals surface area contributed by atoms with Gasteiger partial charge in [0.25, 0.3) is 5.91 Å². The first-order valence-electron chi connectivity index (χ1n) is 7.08. The molecule has 0 aliphatic carbocycles. The zero-order valence-corrected chi connectivity index (χ0v) is 14.7. The lowest BCUT2D eigenvalue weighted by Crippen LogP contribution is -2.35. The van der Waals surface area contributed by atoms with Gasteiger partial charge in [-0.05, 0) is 25.7 Å². The standard InChI is InChI=1S/C16H18N2O3S2/c1-17(2)8-9-21-14(19)11-18-15(20)13(23-16(18)22)10-12-6-4-3-5-7-12/h3-7,10H,8-9,11H2,1-2H3/b13-10+. The zero-order chi connectivity index (χ0) is 16.8. The normalized spacial score (nSPS) is 16.5. The molecule has 1 heterocycles. The second-order valence-corrected chi connectivity index (χ2v) is 6.88. The molecule has 7 heteroatoms. The molecule has 122 valence electrons. The Hall–Kier alpha value is -1.70. The minimum absolute atomic E-state index is 0.149. The summed E-state index contributed by atoms with van der Waals surface area (Å²) in [5.41, 5.74) is 0.918. The van der Waals surface area contributed by atoms with Gasteiger partial charge in [0.05, 0.1) is 4.91 Å². The van der Waals surface area contributed by atoms with Crippen LogP contribution >= 0.6 is 24.0 Å². The van der Waals surface area contributed by atoms with Crippen LogP contribution in [-0.4, -0.2) is 59.8 Å². The predicted molar refractivity (Wildman–Crippen MR) is 95.8 cm³/mol. The van der Waals surface area contributed by atoms with Gasteiger partial charge in [0, 0.05) is 6.54 Å². The summed E-state index contributed by atoms with van der Waals surface area (Å²) in [6, 6.07) is 9.51. The highest BCUT2D eigenvalue weighted by Crippen LogP contribution is 2.32. The summed E-state index contributed by atoms with van der Waals surface area (Å²) in [6.45, 7) is 0.781. The van der Waals surface area contributed by atoms with E-state index in [-0.39, 0.29) is 12.5 Å². The van der Waals surface area contributed by atoms with Gasteiger partial charge in [0.2, 0.25) is 0 Å². The topological polar surface area (TPSA) is 49.9 Å². The fourth-order valence-electron chi connectivity index (χ4n) is 1.85. The molecular formula is C16H18N2O3S2. The molecule has 0 bridgehead atoms. The van der Waals surface area contributed by atoms with Gasteiger partial charge < -0.3 is 9.64 Å². The first-order valence-corrected chi connectivity index (χ1v) is 8.30. The van der Waals surface area contributed by atoms with E-state index < -0.39 is 5.97 Å². The van der Waals surface area contributed by atoms with Gasteiger partial charge in [0.1, 0.15) is 17.5 Å². The van der Waals surface area contributed by atoms with Crippen molar-refractivity contribution in [1.29, 1.82) is 0 Å². The minimum Gasteiger partial charge on any atom is -0.463 e. The summed E-state index contributed by atoms with van der Waals surface area (Å²) in [4.78, 5) is 27.9. The molecule has 1 aliphatic heterocycles. The van der Waals surface area contributed by atoms with E-state index in [4.69, 9.17) is 17.0 Å². The number of nitrogens with zero attached hydrogens (tertiary/aromatic N) is 2. The molecule has 1 aromatic rings. The highest BCUT2D eigenvalue weighted by atomic mass is 32.2. The molecule has 1 amide bonds. The maximum Gasteiger partial charge on any atom is 0.326 e. The number of amides is 1. The van der Waals surface area contributed by atoms with Crippen LogP contribution in [0.1, 0.15) is 5.56 Å². The fraction of sp³-hybridized carbons (Fsp3) is 0.312. The highest BCUT2D eigenvalue weighted by Gasteiger charge is 2.33. The van der Waals surface area contributed by atoms with Crippen LogP contribution in [-0.2, 0) is 14.3 Å². The molecule has 0 radical (unpaired) electrons. The van der Waals surface area contributed by atoms with Crippen molar-refractivity contribution >= 4 is 46.3 Å². The Morgan fingerprint density at radius 3 is 2.70 bits per heavy atom. The second-order valence-electron chi connectivity index (χ2n) is 5.20. The first-order chi connectivity index (χ1) is 11.0. The average Bonchev–Trinajstić information content (AvgIpc) is 2.75. The summed E-state index contributed by atoms with van der Waals surface area (Å²) in [5.74, 6) is -0.711. The molecule has 5 nitrogen and oxygen atoms in total. The molecule has 0 N–H and O–H groups in total. The first kappa shape index (κ1) is 17.7. The number of carbonyl (C=O) groups excluding carboxylic acids is 2. The fourth-order valence-corrected chi connectivity index (χ4v) is 3.11. The lowest BCUT2D eigenvalue weighted by atomic mass is 10.2. The lowest BCUT2D eigenvalue weighted by Gasteiger charge is -2.14. The van der Waals surface area contributed by atoms with Crippen LogP contribution in [0.2, 0.25) is 0 Å². The van der Waals surface area contributed by atoms with Crippen LogP contribution in [0.25, 0.3) is 6.08 Å². The molecule has 23 heavy (non-hydrogen) atoms. The third-order valence-corrected chi connectivity index (χ3v) is 4.44. The monoisotopic (exact) mass is 350 g/mol. The van der Waals surface area contributed by atoms with Crippen molar-refractivity contribution < 1.29 is 14.3 Å². The number of likely N-dealkylation sites (N-methyl/N-ethyl adjacent to an activating group) is 1. The third-order valence-electron chi connectivity index (χ3n) is 3.06. The second kappa shape index (κ2) is 8.24. The van der Waals surface area contributed by atoms with Crippen molar-refractivity contribution in [3.8, 4) is 0 Å². The van der Waals surface area contributed by atoms with Gasteiger partial charge >= 0.3 is 5.97 Å². The maximum absolute atomic E-state index is 12.4. The minimum atomic E-state index is -0.455. The SMILES string of the molecule is CN(C)CCOC(=O)CN1C(=O)/C(=C\c2ccccc2)SC1=S. The van der Waals surface area contributed by atoms with E-state index in [1.807, 2.05) is 49.3 Å². The summed E-state index contributed by atoms with van der Waals surface area (Å²) in [5, 5.41) is 0. The molecule has 1 fully saturated rings. The number of thiocarbonyl (C=S) groups is 1. The molecule has 0 spiro atoms. The Morgan fingerprint density at radius 1 is 1.35 bits per heavy atom. The molecule has 2 rings (SSSR count). The van der Waals surface area contributed by atoms with Gasteiger partial charge in [-0.1, -0.05) is 54.3 Å². The highest BCUT2D eigenvalue weighted by molar-refractivity contribution is 8.26. The molecule has 0 aromatic heterocycles. The number of hydrogen-bond donors (Lipinski definition) is 0. The summed E-state index contributed by atoms with van der Waals surface area (Å²) < 4.78 is 5.48. The van der Waals surface area contributed by atoms with Crippen molar-refractivity contribution in [3.63, 3.8) is 0 Å². The van der Waals surface area contributed by atoms with Crippen molar-refractivity contribution in [1.82, 2.24) is 9.80 Å². The largest absolute Gasteiger partial charge is 0.463 e. The Kier molecular flexibility index (Phi) is 6.32. The summed E-state index contributed by atoms with van der Waals surface area (Å²) in [6.07, 6.45) is 1.77. The van der Waals surface area contributed by atoms with E-state index in [9.17, 15) is 9.59 Å². The Bertz CT molecular complexity index is 629. The van der Waals surface area contributed by atoms with E-state index in [2.05, 4.69) is 0 Å². The summed E-state index contributed by atoms with van der Waals surface area (Å²) in [7, 11) is 3.79. The molecular weight excluding hydrogens is 332 g/mol. The summed E-state index contributed by atoms with van der Waals surface area (Å²) >= 11 is 6.39. The molecule has 0 unspecified atom stereocenters. The van der Waals surface area contributed by atoms with Crippen molar-refractivity contribution in [2.45, 2.75) is 0 Å². The van der Waals surface area contributed by atoms with Gasteiger partial charge in [0.15, 0.2) is 0 Å². The Balaban J connectivity index is 1.96. The Morgan fingerprint density at radius 2 is 2.04 bits per heavy atom. The van der Waals surface area contributed by atoms with Crippen LogP contribution in [0.4, 0.5) is 0 Å². The third kappa shape index (κ3) is 5.16. The van der Waals surface area contributed by atoms with Gasteiger partial charge in [-0.3, -0.25) is 14.5 Å². The van der Waals surface area contributed by atoms with E-state index in [0.717, 1.165) is 5.56 Å². The number of rotatable bonds is 6. The number of hydrogen-bond acceptors (Lipinski definition) is 6. The van der Waals surface area contributed by atoms with Crippen molar-refractivity contribution in [2.24, 2.45) is 0 Å². The number of thioether (sulfide) groups is 1. The zero-order valence-electron chi connectivity index (χ0n) is 13.0. The van der Waals surface area contributed by atoms with Gasteiger partial charge in [-0.15, -0.1) is 0 Å². The molecule has 1 aliphatic rings. The van der Waals surface area contributed by atoms with E-state index in [1.54, 1.807) is 6.08 Å². The van der Waals surface area contributed by atoms with Gasteiger partial charge in [-0.2, -0.15) is 0 Å². The van der Waals surface area contributed by atoms with E-state index in [0.29, 0.717) is 22.4 Å². The predicted octanol–water partition coefficient (Wildman–Crippen LogP) is 1.99. The molecule has 1 saturated heterocycles. The van der Waals surface area contributed by atoms with Crippen LogP contribution in [0.15, 0.2) is 35.2 Å². The van der Waals surface area contributed by atoms with Crippen LogP contribution in [0, 0.1) is 0 Å². The van der Waals surface area contributed by atoms with Crippen LogP contribution in [0.3, 0.4) is 0 Å². The average molecular weight is 350 g/mol. The lowest BCUT2D eigenvalue weighted by molar-refractivity contribution is -0.146. The van der Waals surface area contributed by atoms with Crippen LogP contribution in [0.5, 0.6) is 0 Å². The smallest absolute Gasteiger partial charge is 0.326 e. The quantitative estimate of drug-likeness (QED) is 0.444. The van der Waals surface area contributed by atoms with Crippen molar-refractivity contribution in [2.75, 3.05) is 33.8 Å². The van der Waals surface area contributed by atoms with E-state index in [1.165, 1.54) is 16.7 Å². The van der Waals surface area contributed by atoms with Crippen LogP contribution < -0.4 is 0 Å². The van der Waals surface area contributed by atoms with Gasteiger partial charge in [-0.25, -0.2) is 0 Å². The number of ether oxygens (including phenoxy) is 1. The number of benzene rings is 1. The van der Waals surface area contributed by atoms with E-state index >= 15 is 0 Å². The number of carbonyl (C=O) groups is 2.